The summed E-state index contributed by atoms with van der Waals surface area (Å²) in [6.07, 6.45) is 1.43. The molecule has 1 aliphatic rings. The second kappa shape index (κ2) is 12.5. The summed E-state index contributed by atoms with van der Waals surface area (Å²) in [5, 5.41) is 16.3. The summed E-state index contributed by atoms with van der Waals surface area (Å²) in [5.41, 5.74) is 1.19. The first-order valence-corrected chi connectivity index (χ1v) is 14.6. The molecule has 220 valence electrons. The van der Waals surface area contributed by atoms with E-state index in [1.807, 2.05) is 32.8 Å². The molecule has 11 heteroatoms. The van der Waals surface area contributed by atoms with Gasteiger partial charge in [0.25, 0.3) is 11.5 Å². The van der Waals surface area contributed by atoms with Gasteiger partial charge in [0.1, 0.15) is 6.61 Å². The van der Waals surface area contributed by atoms with Crippen molar-refractivity contribution in [3.63, 3.8) is 0 Å². The predicted octanol–water partition coefficient (Wildman–Crippen LogP) is 4.41. The standard InChI is InChI=1S/C30H36Cl2N4O5/c1-6-9-26(37)41-16-20-21(30(40,8-3)29(39)33-10-11-35(4)5)13-25-27-19(15-36(25)28(20)38)17(7-2)18-12-22(31)23(32)14-24(18)34-27/h12-14,40H,6-11,15-16H2,1-5H3,(H,33,39)/t30-/m0/s1. The quantitative estimate of drug-likeness (QED) is 0.244. The molecule has 1 atom stereocenters. The Morgan fingerprint density at radius 2 is 1.85 bits per heavy atom. The maximum absolute atomic E-state index is 14.1. The second-order valence-electron chi connectivity index (χ2n) is 10.6. The summed E-state index contributed by atoms with van der Waals surface area (Å²) in [5.74, 6) is -1.09. The number of aliphatic hydroxyl groups is 1. The lowest BCUT2D eigenvalue weighted by Crippen LogP contribution is -2.47. The molecule has 4 rings (SSSR count). The number of carbonyl (C=O) groups is 2. The molecular formula is C30H36Cl2N4O5. The molecule has 0 saturated carbocycles. The Hall–Kier alpha value is -2.98. The first-order chi connectivity index (χ1) is 19.5. The van der Waals surface area contributed by atoms with E-state index >= 15 is 0 Å². The number of rotatable bonds is 11. The summed E-state index contributed by atoms with van der Waals surface area (Å²) >= 11 is 12.6. The highest BCUT2D eigenvalue weighted by Crippen LogP contribution is 2.40. The molecule has 3 aromatic rings. The van der Waals surface area contributed by atoms with Gasteiger partial charge in [-0.05, 0) is 57.1 Å². The summed E-state index contributed by atoms with van der Waals surface area (Å²) < 4.78 is 7.01. The maximum Gasteiger partial charge on any atom is 0.306 e. The van der Waals surface area contributed by atoms with E-state index in [1.54, 1.807) is 29.7 Å². The van der Waals surface area contributed by atoms with Crippen LogP contribution < -0.4 is 10.9 Å². The van der Waals surface area contributed by atoms with Crippen molar-refractivity contribution >= 4 is 46.0 Å². The van der Waals surface area contributed by atoms with Crippen LogP contribution in [0.25, 0.3) is 22.3 Å². The molecule has 41 heavy (non-hydrogen) atoms. The van der Waals surface area contributed by atoms with Gasteiger partial charge in [0.2, 0.25) is 0 Å². The summed E-state index contributed by atoms with van der Waals surface area (Å²) in [6, 6.07) is 5.12. The molecule has 3 heterocycles. The third kappa shape index (κ3) is 5.86. The molecule has 2 N–H and O–H groups in total. The lowest BCUT2D eigenvalue weighted by atomic mass is 9.86. The van der Waals surface area contributed by atoms with Crippen LogP contribution in [0.5, 0.6) is 0 Å². The number of aromatic nitrogens is 2. The van der Waals surface area contributed by atoms with E-state index in [0.717, 1.165) is 16.5 Å². The van der Waals surface area contributed by atoms with Crippen molar-refractivity contribution in [2.24, 2.45) is 0 Å². The number of carbonyl (C=O) groups excluding carboxylic acids is 2. The van der Waals surface area contributed by atoms with Crippen LogP contribution in [0.3, 0.4) is 0 Å². The molecule has 0 spiro atoms. The number of nitrogens with one attached hydrogen (secondary N) is 1. The van der Waals surface area contributed by atoms with E-state index in [4.69, 9.17) is 32.9 Å². The molecule has 0 fully saturated rings. The fraction of sp³-hybridized carbons (Fsp3) is 0.467. The normalized spacial score (nSPS) is 13.7. The number of hydrogen-bond donors (Lipinski definition) is 2. The van der Waals surface area contributed by atoms with Gasteiger partial charge in [-0.3, -0.25) is 14.4 Å². The highest BCUT2D eigenvalue weighted by molar-refractivity contribution is 6.42. The summed E-state index contributed by atoms with van der Waals surface area (Å²) in [6.45, 7) is 6.29. The fourth-order valence-corrected chi connectivity index (χ4v) is 5.62. The number of esters is 1. The number of nitrogens with zero attached hydrogens (tertiary/aromatic N) is 3. The molecule has 0 aliphatic carbocycles. The van der Waals surface area contributed by atoms with Crippen LogP contribution in [-0.2, 0) is 39.5 Å². The van der Waals surface area contributed by atoms with E-state index in [1.165, 1.54) is 0 Å². The molecule has 0 saturated heterocycles. The van der Waals surface area contributed by atoms with Crippen molar-refractivity contribution in [2.75, 3.05) is 27.2 Å². The van der Waals surface area contributed by atoms with Crippen molar-refractivity contribution in [3.05, 3.63) is 60.9 Å². The summed E-state index contributed by atoms with van der Waals surface area (Å²) in [4.78, 5) is 46.5. The minimum atomic E-state index is -2.04. The third-order valence-electron chi connectivity index (χ3n) is 7.57. The Morgan fingerprint density at radius 3 is 2.49 bits per heavy atom. The van der Waals surface area contributed by atoms with Gasteiger partial charge >= 0.3 is 5.97 Å². The van der Waals surface area contributed by atoms with Gasteiger partial charge in [-0.2, -0.15) is 0 Å². The molecule has 0 unspecified atom stereocenters. The lowest BCUT2D eigenvalue weighted by Gasteiger charge is -2.29. The molecule has 9 nitrogen and oxygen atoms in total. The van der Waals surface area contributed by atoms with Crippen LogP contribution in [0, 0.1) is 0 Å². The first-order valence-electron chi connectivity index (χ1n) is 13.9. The van der Waals surface area contributed by atoms with Gasteiger partial charge in [-0.15, -0.1) is 0 Å². The van der Waals surface area contributed by atoms with Crippen molar-refractivity contribution in [2.45, 2.75) is 65.2 Å². The predicted molar refractivity (Wildman–Crippen MR) is 160 cm³/mol. The molecule has 1 aliphatic heterocycles. The number of amides is 1. The van der Waals surface area contributed by atoms with E-state index in [0.29, 0.717) is 52.9 Å². The van der Waals surface area contributed by atoms with Gasteiger partial charge in [-0.25, -0.2) is 4.98 Å². The number of aryl methyl sites for hydroxylation is 1. The van der Waals surface area contributed by atoms with Gasteiger partial charge in [0.05, 0.1) is 39.1 Å². The number of ether oxygens (including phenoxy) is 1. The van der Waals surface area contributed by atoms with Gasteiger partial charge in [-0.1, -0.05) is 44.0 Å². The Morgan fingerprint density at radius 1 is 1.15 bits per heavy atom. The minimum Gasteiger partial charge on any atom is -0.461 e. The second-order valence-corrected chi connectivity index (χ2v) is 11.4. The zero-order valence-corrected chi connectivity index (χ0v) is 25.6. The van der Waals surface area contributed by atoms with Crippen LogP contribution in [0.15, 0.2) is 23.0 Å². The Balaban J connectivity index is 1.93. The van der Waals surface area contributed by atoms with E-state index < -0.39 is 23.0 Å². The van der Waals surface area contributed by atoms with Gasteiger partial charge < -0.3 is 24.6 Å². The van der Waals surface area contributed by atoms with Crippen LogP contribution in [0.4, 0.5) is 0 Å². The molecule has 0 radical (unpaired) electrons. The van der Waals surface area contributed by atoms with Crippen LogP contribution in [0.2, 0.25) is 10.0 Å². The smallest absolute Gasteiger partial charge is 0.306 e. The monoisotopic (exact) mass is 602 g/mol. The average molecular weight is 604 g/mol. The zero-order valence-electron chi connectivity index (χ0n) is 24.1. The zero-order chi connectivity index (χ0) is 30.1. The largest absolute Gasteiger partial charge is 0.461 e. The third-order valence-corrected chi connectivity index (χ3v) is 8.29. The Labute approximate surface area is 249 Å². The number of pyridine rings is 2. The average Bonchev–Trinajstić information content (AvgIpc) is 3.29. The Kier molecular flexibility index (Phi) is 9.43. The van der Waals surface area contributed by atoms with Crippen molar-refractivity contribution in [1.82, 2.24) is 19.8 Å². The lowest BCUT2D eigenvalue weighted by molar-refractivity contribution is -0.145. The number of fused-ring (bicyclic) bond motifs is 4. The molecular weight excluding hydrogens is 567 g/mol. The molecule has 0 bridgehead atoms. The maximum atomic E-state index is 14.1. The molecule has 2 aromatic heterocycles. The minimum absolute atomic E-state index is 0.00802. The van der Waals surface area contributed by atoms with E-state index in [9.17, 15) is 19.5 Å². The van der Waals surface area contributed by atoms with Crippen molar-refractivity contribution < 1.29 is 19.4 Å². The molecule has 1 aromatic carbocycles. The van der Waals surface area contributed by atoms with E-state index in [-0.39, 0.29) is 37.1 Å². The highest BCUT2D eigenvalue weighted by atomic mass is 35.5. The fourth-order valence-electron chi connectivity index (χ4n) is 5.30. The van der Waals surface area contributed by atoms with Crippen LogP contribution >= 0.6 is 23.2 Å². The van der Waals surface area contributed by atoms with Gasteiger partial charge in [0, 0.05) is 36.0 Å². The first kappa shape index (κ1) is 31.0. The highest BCUT2D eigenvalue weighted by Gasteiger charge is 2.41. The SMILES string of the molecule is CCCC(=O)OCc1c([C@@](O)(CC)C(=O)NCCN(C)C)cc2n(c1=O)Cc1c-2nc2cc(Cl)c(Cl)cc2c1CC. The Bertz CT molecular complexity index is 1570. The van der Waals surface area contributed by atoms with E-state index in [2.05, 4.69) is 5.32 Å². The summed E-state index contributed by atoms with van der Waals surface area (Å²) in [7, 11) is 3.75. The molecule has 1 amide bonds. The van der Waals surface area contributed by atoms with Gasteiger partial charge in [0.15, 0.2) is 5.60 Å². The number of benzene rings is 1. The number of hydrogen-bond acceptors (Lipinski definition) is 7. The van der Waals surface area contributed by atoms with Crippen LogP contribution in [0.1, 0.15) is 62.3 Å². The van der Waals surface area contributed by atoms with Crippen LogP contribution in [-0.4, -0.2) is 58.6 Å². The van der Waals surface area contributed by atoms with Crippen molar-refractivity contribution in [3.8, 4) is 11.4 Å². The van der Waals surface area contributed by atoms with Crippen molar-refractivity contribution in [1.29, 1.82) is 0 Å². The number of halogens is 2. The topological polar surface area (TPSA) is 114 Å². The number of likely N-dealkylation sites (N-methyl/N-ethyl adjacent to an activating group) is 1.